The minimum absolute atomic E-state index is 0.0677. The van der Waals surface area contributed by atoms with Crippen LogP contribution in [0.2, 0.25) is 0 Å². The molecule has 1 N–H and O–H groups in total. The SMILES string of the molecule is COc1ccccc1CN(C)C(=O)NCCSCc1ccc(C)cc1. The van der Waals surface area contributed by atoms with Gasteiger partial charge in [0.1, 0.15) is 5.75 Å². The summed E-state index contributed by atoms with van der Waals surface area (Å²) >= 11 is 1.82. The molecule has 0 aliphatic rings. The first-order valence-electron chi connectivity index (χ1n) is 8.34. The second kappa shape index (κ2) is 9.99. The molecule has 2 rings (SSSR count). The first kappa shape index (κ1) is 19.2. The Morgan fingerprint density at radius 1 is 1.16 bits per heavy atom. The Balaban J connectivity index is 1.68. The predicted molar refractivity (Wildman–Crippen MR) is 105 cm³/mol. The predicted octanol–water partition coefficient (Wildman–Crippen LogP) is 4.08. The maximum atomic E-state index is 12.2. The third-order valence-corrected chi connectivity index (χ3v) is 4.89. The van der Waals surface area contributed by atoms with Gasteiger partial charge in [0.2, 0.25) is 0 Å². The fourth-order valence-corrected chi connectivity index (χ4v) is 3.22. The molecule has 0 aliphatic carbocycles. The van der Waals surface area contributed by atoms with Crippen molar-refractivity contribution in [2.24, 2.45) is 0 Å². The number of benzene rings is 2. The number of hydrogen-bond donors (Lipinski definition) is 1. The molecule has 0 unspecified atom stereocenters. The van der Waals surface area contributed by atoms with Crippen LogP contribution in [0.4, 0.5) is 4.79 Å². The van der Waals surface area contributed by atoms with Gasteiger partial charge in [-0.1, -0.05) is 48.0 Å². The van der Waals surface area contributed by atoms with Crippen molar-refractivity contribution >= 4 is 17.8 Å². The molecular formula is C20H26N2O2S. The maximum absolute atomic E-state index is 12.2. The number of aryl methyl sites for hydroxylation is 1. The van der Waals surface area contributed by atoms with Gasteiger partial charge in [-0.2, -0.15) is 11.8 Å². The van der Waals surface area contributed by atoms with E-state index in [2.05, 4.69) is 36.5 Å². The molecule has 0 spiro atoms. The van der Waals surface area contributed by atoms with E-state index in [9.17, 15) is 4.79 Å². The second-order valence-electron chi connectivity index (χ2n) is 5.94. The fourth-order valence-electron chi connectivity index (χ4n) is 2.40. The molecule has 0 bridgehead atoms. The van der Waals surface area contributed by atoms with Crippen LogP contribution in [0.25, 0.3) is 0 Å². The number of para-hydroxylation sites is 1. The highest BCUT2D eigenvalue weighted by atomic mass is 32.2. The molecule has 0 atom stereocenters. The summed E-state index contributed by atoms with van der Waals surface area (Å²) in [5.74, 6) is 2.66. The van der Waals surface area contributed by atoms with Crippen molar-refractivity contribution in [1.29, 1.82) is 0 Å². The van der Waals surface area contributed by atoms with Gasteiger partial charge in [-0.3, -0.25) is 0 Å². The molecule has 0 aromatic heterocycles. The highest BCUT2D eigenvalue weighted by Gasteiger charge is 2.11. The molecule has 25 heavy (non-hydrogen) atoms. The average Bonchev–Trinajstić information content (AvgIpc) is 2.63. The lowest BCUT2D eigenvalue weighted by atomic mass is 10.2. The number of urea groups is 1. The summed E-state index contributed by atoms with van der Waals surface area (Å²) in [5.41, 5.74) is 3.59. The Morgan fingerprint density at radius 3 is 2.60 bits per heavy atom. The van der Waals surface area contributed by atoms with E-state index in [-0.39, 0.29) is 6.03 Å². The van der Waals surface area contributed by atoms with Crippen molar-refractivity contribution in [3.05, 3.63) is 65.2 Å². The minimum atomic E-state index is -0.0677. The van der Waals surface area contributed by atoms with E-state index in [1.54, 1.807) is 19.1 Å². The Labute approximate surface area is 154 Å². The molecule has 5 heteroatoms. The molecule has 0 aliphatic heterocycles. The second-order valence-corrected chi connectivity index (χ2v) is 7.04. The summed E-state index contributed by atoms with van der Waals surface area (Å²) in [6.07, 6.45) is 0. The summed E-state index contributed by atoms with van der Waals surface area (Å²) in [6, 6.07) is 16.3. The lowest BCUT2D eigenvalue weighted by molar-refractivity contribution is 0.207. The fraction of sp³-hybridized carbons (Fsp3) is 0.350. The smallest absolute Gasteiger partial charge is 0.317 e. The summed E-state index contributed by atoms with van der Waals surface area (Å²) in [4.78, 5) is 13.9. The van der Waals surface area contributed by atoms with Crippen molar-refractivity contribution in [2.75, 3.05) is 26.5 Å². The lowest BCUT2D eigenvalue weighted by Gasteiger charge is -2.19. The van der Waals surface area contributed by atoms with Crippen LogP contribution in [0.3, 0.4) is 0 Å². The molecular weight excluding hydrogens is 332 g/mol. The van der Waals surface area contributed by atoms with E-state index >= 15 is 0 Å². The standard InChI is InChI=1S/C20H26N2O2S/c1-16-8-10-17(11-9-16)15-25-13-12-21-20(23)22(2)14-18-6-4-5-7-19(18)24-3/h4-11H,12-15H2,1-3H3,(H,21,23). The van der Waals surface area contributed by atoms with Gasteiger partial charge in [0.15, 0.2) is 0 Å². The van der Waals surface area contributed by atoms with Gasteiger partial charge in [0.25, 0.3) is 0 Å². The summed E-state index contributed by atoms with van der Waals surface area (Å²) in [7, 11) is 3.44. The molecule has 0 saturated heterocycles. The number of methoxy groups -OCH3 is 1. The molecule has 0 saturated carbocycles. The quantitative estimate of drug-likeness (QED) is 0.723. The maximum Gasteiger partial charge on any atom is 0.317 e. The van der Waals surface area contributed by atoms with E-state index in [1.165, 1.54) is 11.1 Å². The highest BCUT2D eigenvalue weighted by molar-refractivity contribution is 7.98. The first-order chi connectivity index (χ1) is 12.1. The van der Waals surface area contributed by atoms with Gasteiger partial charge >= 0.3 is 6.03 Å². The number of thioether (sulfide) groups is 1. The van der Waals surface area contributed by atoms with E-state index in [4.69, 9.17) is 4.74 Å². The zero-order chi connectivity index (χ0) is 18.1. The van der Waals surface area contributed by atoms with Crippen LogP contribution in [0.5, 0.6) is 5.75 Å². The first-order valence-corrected chi connectivity index (χ1v) is 9.49. The van der Waals surface area contributed by atoms with Crippen molar-refractivity contribution < 1.29 is 9.53 Å². The van der Waals surface area contributed by atoms with Crippen molar-refractivity contribution in [3.8, 4) is 5.75 Å². The monoisotopic (exact) mass is 358 g/mol. The Morgan fingerprint density at radius 2 is 1.88 bits per heavy atom. The van der Waals surface area contributed by atoms with Crippen LogP contribution >= 0.6 is 11.8 Å². The lowest BCUT2D eigenvalue weighted by Crippen LogP contribution is -2.37. The molecule has 4 nitrogen and oxygen atoms in total. The van der Waals surface area contributed by atoms with Crippen LogP contribution in [-0.2, 0) is 12.3 Å². The molecule has 0 heterocycles. The Kier molecular flexibility index (Phi) is 7.67. The number of carbonyl (C=O) groups excluding carboxylic acids is 1. The van der Waals surface area contributed by atoms with Gasteiger partial charge in [-0.25, -0.2) is 4.79 Å². The summed E-state index contributed by atoms with van der Waals surface area (Å²) in [6.45, 7) is 3.27. The van der Waals surface area contributed by atoms with E-state index < -0.39 is 0 Å². The van der Waals surface area contributed by atoms with Gasteiger partial charge in [-0.15, -0.1) is 0 Å². The molecule has 0 fully saturated rings. The third-order valence-electron chi connectivity index (χ3n) is 3.86. The van der Waals surface area contributed by atoms with Crippen LogP contribution < -0.4 is 10.1 Å². The van der Waals surface area contributed by atoms with Gasteiger partial charge in [0.05, 0.1) is 13.7 Å². The highest BCUT2D eigenvalue weighted by Crippen LogP contribution is 2.18. The van der Waals surface area contributed by atoms with Crippen molar-refractivity contribution in [1.82, 2.24) is 10.2 Å². The number of nitrogens with one attached hydrogen (secondary N) is 1. The average molecular weight is 359 g/mol. The number of rotatable bonds is 8. The number of nitrogens with zero attached hydrogens (tertiary/aromatic N) is 1. The third kappa shape index (κ3) is 6.35. The normalized spacial score (nSPS) is 10.4. The summed E-state index contributed by atoms with van der Waals surface area (Å²) < 4.78 is 5.33. The van der Waals surface area contributed by atoms with E-state index in [0.29, 0.717) is 13.1 Å². The molecule has 134 valence electrons. The van der Waals surface area contributed by atoms with Crippen molar-refractivity contribution in [2.45, 2.75) is 19.2 Å². The van der Waals surface area contributed by atoms with E-state index in [0.717, 1.165) is 22.8 Å². The molecule has 0 radical (unpaired) electrons. The van der Waals surface area contributed by atoms with Gasteiger partial charge in [-0.05, 0) is 18.6 Å². The van der Waals surface area contributed by atoms with Crippen molar-refractivity contribution in [3.63, 3.8) is 0 Å². The van der Waals surface area contributed by atoms with E-state index in [1.807, 2.05) is 36.0 Å². The molecule has 2 aromatic rings. The molecule has 2 amide bonds. The number of carbonyl (C=O) groups is 1. The largest absolute Gasteiger partial charge is 0.496 e. The zero-order valence-corrected chi connectivity index (χ0v) is 15.9. The van der Waals surface area contributed by atoms with Crippen LogP contribution in [0.1, 0.15) is 16.7 Å². The number of amides is 2. The van der Waals surface area contributed by atoms with Crippen LogP contribution in [-0.4, -0.2) is 37.4 Å². The number of ether oxygens (including phenoxy) is 1. The Hall–Kier alpha value is -2.14. The van der Waals surface area contributed by atoms with Crippen LogP contribution in [0.15, 0.2) is 48.5 Å². The minimum Gasteiger partial charge on any atom is -0.496 e. The summed E-state index contributed by atoms with van der Waals surface area (Å²) in [5, 5.41) is 2.96. The van der Waals surface area contributed by atoms with Crippen LogP contribution in [0, 0.1) is 6.92 Å². The number of hydrogen-bond acceptors (Lipinski definition) is 3. The van der Waals surface area contributed by atoms with Gasteiger partial charge in [0, 0.05) is 30.7 Å². The molecule has 2 aromatic carbocycles. The van der Waals surface area contributed by atoms with Gasteiger partial charge < -0.3 is 15.0 Å². The topological polar surface area (TPSA) is 41.6 Å². The zero-order valence-electron chi connectivity index (χ0n) is 15.1. The Bertz CT molecular complexity index is 674.